The summed E-state index contributed by atoms with van der Waals surface area (Å²) in [6, 6.07) is 5.06. The van der Waals surface area contributed by atoms with Crippen LogP contribution in [0.25, 0.3) is 0 Å². The average Bonchev–Trinajstić information content (AvgIpc) is 2.79. The standard InChI is InChI=1S/C16H24N2O3/c1-14(2,3)21-13(20)18-11-8-10(6-7-12(11)19)16(17)9-15(16,4)5/h6-8,19H,9,17H2,1-5H3,(H,18,20). The fourth-order valence-electron chi connectivity index (χ4n) is 2.47. The molecule has 1 unspecified atom stereocenters. The molecule has 0 saturated heterocycles. The van der Waals surface area contributed by atoms with Gasteiger partial charge in [-0.1, -0.05) is 19.9 Å². The quantitative estimate of drug-likeness (QED) is 0.730. The number of hydrogen-bond donors (Lipinski definition) is 3. The van der Waals surface area contributed by atoms with E-state index in [4.69, 9.17) is 10.5 Å². The van der Waals surface area contributed by atoms with Crippen molar-refractivity contribution < 1.29 is 14.6 Å². The smallest absolute Gasteiger partial charge is 0.412 e. The van der Waals surface area contributed by atoms with E-state index in [0.717, 1.165) is 12.0 Å². The molecule has 1 aromatic rings. The molecule has 0 radical (unpaired) electrons. The van der Waals surface area contributed by atoms with Crippen molar-refractivity contribution in [2.45, 2.75) is 52.2 Å². The second kappa shape index (κ2) is 4.63. The molecule has 2 rings (SSSR count). The molecule has 0 spiro atoms. The monoisotopic (exact) mass is 292 g/mol. The Labute approximate surface area is 125 Å². The van der Waals surface area contributed by atoms with E-state index in [1.165, 1.54) is 0 Å². The molecule has 1 saturated carbocycles. The van der Waals surface area contributed by atoms with Crippen molar-refractivity contribution in [1.82, 2.24) is 0 Å². The first kappa shape index (κ1) is 15.6. The van der Waals surface area contributed by atoms with Crippen LogP contribution in [0.3, 0.4) is 0 Å². The summed E-state index contributed by atoms with van der Waals surface area (Å²) in [5, 5.41) is 12.5. The molecule has 1 fully saturated rings. The molecule has 1 aromatic carbocycles. The second-order valence-corrected chi connectivity index (χ2v) is 7.39. The van der Waals surface area contributed by atoms with E-state index >= 15 is 0 Å². The average molecular weight is 292 g/mol. The number of phenols is 1. The molecular weight excluding hydrogens is 268 g/mol. The topological polar surface area (TPSA) is 84.6 Å². The summed E-state index contributed by atoms with van der Waals surface area (Å²) >= 11 is 0. The van der Waals surface area contributed by atoms with Crippen LogP contribution in [-0.4, -0.2) is 16.8 Å². The van der Waals surface area contributed by atoms with Gasteiger partial charge in [0.1, 0.15) is 11.4 Å². The molecule has 116 valence electrons. The predicted molar refractivity (Wildman–Crippen MR) is 82.2 cm³/mol. The van der Waals surface area contributed by atoms with E-state index in [1.807, 2.05) is 0 Å². The van der Waals surface area contributed by atoms with Gasteiger partial charge in [-0.05, 0) is 50.3 Å². The van der Waals surface area contributed by atoms with Crippen LogP contribution in [0.15, 0.2) is 18.2 Å². The SMILES string of the molecule is CC(C)(C)OC(=O)Nc1cc(C2(N)CC2(C)C)ccc1O. The molecule has 0 heterocycles. The van der Waals surface area contributed by atoms with Gasteiger partial charge in [-0.25, -0.2) is 4.79 Å². The first-order chi connectivity index (χ1) is 9.45. The molecule has 4 N–H and O–H groups in total. The van der Waals surface area contributed by atoms with Crippen LogP contribution >= 0.6 is 0 Å². The highest BCUT2D eigenvalue weighted by molar-refractivity contribution is 5.87. The van der Waals surface area contributed by atoms with Gasteiger partial charge in [0.2, 0.25) is 0 Å². The van der Waals surface area contributed by atoms with Crippen LogP contribution in [0.5, 0.6) is 5.75 Å². The van der Waals surface area contributed by atoms with Gasteiger partial charge in [0.25, 0.3) is 0 Å². The summed E-state index contributed by atoms with van der Waals surface area (Å²) in [6.45, 7) is 9.54. The molecule has 5 heteroatoms. The van der Waals surface area contributed by atoms with Gasteiger partial charge >= 0.3 is 6.09 Å². The first-order valence-electron chi connectivity index (χ1n) is 7.07. The van der Waals surface area contributed by atoms with Crippen LogP contribution in [0.2, 0.25) is 0 Å². The van der Waals surface area contributed by atoms with Gasteiger partial charge in [-0.15, -0.1) is 0 Å². The number of benzene rings is 1. The zero-order valence-corrected chi connectivity index (χ0v) is 13.3. The molecular formula is C16H24N2O3. The highest BCUT2D eigenvalue weighted by Crippen LogP contribution is 2.60. The van der Waals surface area contributed by atoms with E-state index in [9.17, 15) is 9.90 Å². The number of carbonyl (C=O) groups is 1. The number of anilines is 1. The van der Waals surface area contributed by atoms with Crippen LogP contribution < -0.4 is 11.1 Å². The number of phenolic OH excluding ortho intramolecular Hbond substituents is 1. The maximum atomic E-state index is 11.8. The van der Waals surface area contributed by atoms with Crippen LogP contribution in [-0.2, 0) is 10.3 Å². The van der Waals surface area contributed by atoms with Gasteiger partial charge in [-0.3, -0.25) is 5.32 Å². The number of ether oxygens (including phenoxy) is 1. The van der Waals surface area contributed by atoms with E-state index in [2.05, 4.69) is 19.2 Å². The number of aromatic hydroxyl groups is 1. The summed E-state index contributed by atoms with van der Waals surface area (Å²) in [5.74, 6) is -0.00772. The van der Waals surface area contributed by atoms with Crippen LogP contribution in [0.4, 0.5) is 10.5 Å². The van der Waals surface area contributed by atoms with E-state index in [0.29, 0.717) is 5.69 Å². The summed E-state index contributed by atoms with van der Waals surface area (Å²) < 4.78 is 5.19. The van der Waals surface area contributed by atoms with Crippen molar-refractivity contribution >= 4 is 11.8 Å². The number of rotatable bonds is 2. The molecule has 0 bridgehead atoms. The van der Waals surface area contributed by atoms with Crippen molar-refractivity contribution in [2.24, 2.45) is 11.1 Å². The highest BCUT2D eigenvalue weighted by Gasteiger charge is 2.59. The lowest BCUT2D eigenvalue weighted by atomic mass is 9.96. The zero-order chi connectivity index (χ0) is 16.1. The molecule has 1 aliphatic rings. The van der Waals surface area contributed by atoms with E-state index in [1.54, 1.807) is 39.0 Å². The lowest BCUT2D eigenvalue weighted by Crippen LogP contribution is -2.28. The highest BCUT2D eigenvalue weighted by atomic mass is 16.6. The fraction of sp³-hybridized carbons (Fsp3) is 0.562. The van der Waals surface area contributed by atoms with Crippen LogP contribution in [0, 0.1) is 5.41 Å². The third kappa shape index (κ3) is 3.13. The van der Waals surface area contributed by atoms with Crippen molar-refractivity contribution in [3.05, 3.63) is 23.8 Å². The minimum Gasteiger partial charge on any atom is -0.506 e. The lowest BCUT2D eigenvalue weighted by molar-refractivity contribution is 0.0635. The normalized spacial score (nSPS) is 23.5. The Hall–Kier alpha value is -1.75. The molecule has 1 amide bonds. The predicted octanol–water partition coefficient (Wildman–Crippen LogP) is 3.32. The lowest BCUT2D eigenvalue weighted by Gasteiger charge is -2.21. The Balaban J connectivity index is 2.20. The van der Waals surface area contributed by atoms with Gasteiger partial charge in [0.15, 0.2) is 0 Å². The molecule has 21 heavy (non-hydrogen) atoms. The largest absolute Gasteiger partial charge is 0.506 e. The van der Waals surface area contributed by atoms with Crippen molar-refractivity contribution in [3.63, 3.8) is 0 Å². The van der Waals surface area contributed by atoms with Crippen LogP contribution in [0.1, 0.15) is 46.6 Å². The Bertz CT molecular complexity index is 575. The number of carbonyl (C=O) groups excluding carboxylic acids is 1. The summed E-state index contributed by atoms with van der Waals surface area (Å²) in [6.07, 6.45) is 0.271. The summed E-state index contributed by atoms with van der Waals surface area (Å²) in [4.78, 5) is 11.8. The summed E-state index contributed by atoms with van der Waals surface area (Å²) in [7, 11) is 0. The minimum absolute atomic E-state index is 0.00772. The molecule has 0 aliphatic heterocycles. The molecule has 5 nitrogen and oxygen atoms in total. The molecule has 0 aromatic heterocycles. The number of hydrogen-bond acceptors (Lipinski definition) is 4. The number of amides is 1. The van der Waals surface area contributed by atoms with Crippen molar-refractivity contribution in [3.8, 4) is 5.75 Å². The molecule has 1 aliphatic carbocycles. The van der Waals surface area contributed by atoms with Crippen molar-refractivity contribution in [2.75, 3.05) is 5.32 Å². The maximum absolute atomic E-state index is 11.8. The second-order valence-electron chi connectivity index (χ2n) is 7.39. The first-order valence-corrected chi connectivity index (χ1v) is 7.07. The van der Waals surface area contributed by atoms with Gasteiger partial charge < -0.3 is 15.6 Å². The third-order valence-electron chi connectivity index (χ3n) is 3.95. The Morgan fingerprint density at radius 3 is 2.43 bits per heavy atom. The van der Waals surface area contributed by atoms with Gasteiger partial charge in [-0.2, -0.15) is 0 Å². The number of nitrogens with one attached hydrogen (secondary N) is 1. The minimum atomic E-state index is -0.601. The van der Waals surface area contributed by atoms with E-state index < -0.39 is 17.2 Å². The zero-order valence-electron chi connectivity index (χ0n) is 13.3. The fourth-order valence-corrected chi connectivity index (χ4v) is 2.47. The number of nitrogens with two attached hydrogens (primary N) is 1. The Morgan fingerprint density at radius 1 is 1.38 bits per heavy atom. The van der Waals surface area contributed by atoms with E-state index in [-0.39, 0.29) is 11.2 Å². The van der Waals surface area contributed by atoms with Gasteiger partial charge in [0.05, 0.1) is 5.69 Å². The molecule has 1 atom stereocenters. The Morgan fingerprint density at radius 2 is 1.95 bits per heavy atom. The van der Waals surface area contributed by atoms with Crippen molar-refractivity contribution in [1.29, 1.82) is 0 Å². The Kier molecular flexibility index (Phi) is 3.45. The maximum Gasteiger partial charge on any atom is 0.412 e. The third-order valence-corrected chi connectivity index (χ3v) is 3.95. The summed E-state index contributed by atoms with van der Waals surface area (Å²) in [5.41, 5.74) is 6.60. The van der Waals surface area contributed by atoms with Gasteiger partial charge in [0, 0.05) is 5.54 Å².